The third kappa shape index (κ3) is 2.97. The highest BCUT2D eigenvalue weighted by atomic mass is 19.3. The molecule has 1 heterocycles. The maximum atomic E-state index is 12.6. The van der Waals surface area contributed by atoms with Crippen molar-refractivity contribution in [2.45, 2.75) is 26.3 Å². The van der Waals surface area contributed by atoms with Crippen LogP contribution >= 0.6 is 0 Å². The molecular formula is C11H14F2N2O2. The number of hydrogen-bond donors (Lipinski definition) is 1. The minimum absolute atomic E-state index is 0.0135. The van der Waals surface area contributed by atoms with Crippen molar-refractivity contribution in [2.75, 3.05) is 7.11 Å². The van der Waals surface area contributed by atoms with Gasteiger partial charge in [0.05, 0.1) is 13.5 Å². The molecule has 0 aliphatic heterocycles. The lowest BCUT2D eigenvalue weighted by molar-refractivity contribution is -0.139. The van der Waals surface area contributed by atoms with Crippen LogP contribution in [-0.2, 0) is 22.5 Å². The van der Waals surface area contributed by atoms with Crippen molar-refractivity contribution in [3.05, 3.63) is 28.6 Å². The molecule has 0 spiro atoms. The highest BCUT2D eigenvalue weighted by molar-refractivity contribution is 5.73. The van der Waals surface area contributed by atoms with E-state index < -0.39 is 12.4 Å². The molecule has 0 aromatic carbocycles. The molecule has 1 aromatic rings. The van der Waals surface area contributed by atoms with E-state index >= 15 is 0 Å². The standard InChI is InChI=1S/C11H14F2N2O2/c1-6-8(4-14)7(3-9(16)17-2)5-15-10(6)11(12)13/h5,11H,3-4,14H2,1-2H3. The van der Waals surface area contributed by atoms with Gasteiger partial charge in [-0.3, -0.25) is 9.78 Å². The number of ether oxygens (including phenoxy) is 1. The molecule has 17 heavy (non-hydrogen) atoms. The van der Waals surface area contributed by atoms with Gasteiger partial charge < -0.3 is 10.5 Å². The average molecular weight is 244 g/mol. The van der Waals surface area contributed by atoms with Crippen LogP contribution in [0.15, 0.2) is 6.20 Å². The first kappa shape index (κ1) is 13.5. The third-order valence-electron chi connectivity index (χ3n) is 2.56. The molecule has 0 amide bonds. The zero-order valence-corrected chi connectivity index (χ0v) is 9.67. The number of pyridine rings is 1. The Kier molecular flexibility index (Phi) is 4.51. The van der Waals surface area contributed by atoms with E-state index in [0.717, 1.165) is 0 Å². The largest absolute Gasteiger partial charge is 0.469 e. The second-order valence-corrected chi connectivity index (χ2v) is 3.53. The van der Waals surface area contributed by atoms with Crippen molar-refractivity contribution in [1.82, 2.24) is 4.98 Å². The molecule has 0 aliphatic rings. The SMILES string of the molecule is COC(=O)Cc1cnc(C(F)F)c(C)c1CN. The highest BCUT2D eigenvalue weighted by Gasteiger charge is 2.18. The fourth-order valence-corrected chi connectivity index (χ4v) is 1.60. The first-order valence-corrected chi connectivity index (χ1v) is 5.03. The molecule has 0 radical (unpaired) electrons. The summed E-state index contributed by atoms with van der Waals surface area (Å²) in [4.78, 5) is 14.8. The minimum atomic E-state index is -2.65. The number of carbonyl (C=O) groups is 1. The number of nitrogens with zero attached hydrogens (tertiary/aromatic N) is 1. The number of methoxy groups -OCH3 is 1. The lowest BCUT2D eigenvalue weighted by atomic mass is 10.0. The van der Waals surface area contributed by atoms with Crippen molar-refractivity contribution >= 4 is 5.97 Å². The fraction of sp³-hybridized carbons (Fsp3) is 0.455. The van der Waals surface area contributed by atoms with E-state index in [9.17, 15) is 13.6 Å². The van der Waals surface area contributed by atoms with Crippen molar-refractivity contribution in [3.8, 4) is 0 Å². The number of nitrogens with two attached hydrogens (primary N) is 1. The quantitative estimate of drug-likeness (QED) is 0.815. The molecule has 0 saturated carbocycles. The van der Waals surface area contributed by atoms with E-state index in [1.807, 2.05) is 0 Å². The van der Waals surface area contributed by atoms with Crippen LogP contribution in [0.3, 0.4) is 0 Å². The molecular weight excluding hydrogens is 230 g/mol. The molecule has 0 fully saturated rings. The Bertz CT molecular complexity index is 422. The summed E-state index contributed by atoms with van der Waals surface area (Å²) >= 11 is 0. The second kappa shape index (κ2) is 5.67. The number of rotatable bonds is 4. The average Bonchev–Trinajstić information content (AvgIpc) is 2.28. The van der Waals surface area contributed by atoms with Crippen LogP contribution in [0.25, 0.3) is 0 Å². The smallest absolute Gasteiger partial charge is 0.310 e. The lowest BCUT2D eigenvalue weighted by Crippen LogP contribution is -2.13. The summed E-state index contributed by atoms with van der Waals surface area (Å²) in [5, 5.41) is 0. The normalized spacial score (nSPS) is 10.7. The molecule has 94 valence electrons. The number of esters is 1. The van der Waals surface area contributed by atoms with E-state index in [4.69, 9.17) is 5.73 Å². The van der Waals surface area contributed by atoms with Gasteiger partial charge in [-0.1, -0.05) is 0 Å². The molecule has 6 heteroatoms. The predicted molar refractivity (Wildman–Crippen MR) is 57.5 cm³/mol. The Hall–Kier alpha value is -1.56. The number of alkyl halides is 2. The van der Waals surface area contributed by atoms with E-state index in [1.54, 1.807) is 0 Å². The predicted octanol–water partition coefficient (Wildman–Crippen LogP) is 1.50. The Morgan fingerprint density at radius 1 is 1.59 bits per heavy atom. The van der Waals surface area contributed by atoms with Crippen LogP contribution in [0, 0.1) is 6.92 Å². The van der Waals surface area contributed by atoms with Gasteiger partial charge in [0.2, 0.25) is 0 Å². The molecule has 4 nitrogen and oxygen atoms in total. The van der Waals surface area contributed by atoms with Crippen LogP contribution in [0.2, 0.25) is 0 Å². The monoisotopic (exact) mass is 244 g/mol. The summed E-state index contributed by atoms with van der Waals surface area (Å²) in [6.45, 7) is 1.61. The topological polar surface area (TPSA) is 65.2 Å². The van der Waals surface area contributed by atoms with Crippen molar-refractivity contribution in [2.24, 2.45) is 5.73 Å². The van der Waals surface area contributed by atoms with E-state index in [-0.39, 0.29) is 18.7 Å². The number of carbonyl (C=O) groups excluding carboxylic acids is 1. The van der Waals surface area contributed by atoms with Crippen molar-refractivity contribution in [3.63, 3.8) is 0 Å². The summed E-state index contributed by atoms with van der Waals surface area (Å²) in [5.41, 5.74) is 6.61. The Morgan fingerprint density at radius 3 is 2.71 bits per heavy atom. The van der Waals surface area contributed by atoms with Crippen molar-refractivity contribution in [1.29, 1.82) is 0 Å². The summed E-state index contributed by atoms with van der Waals surface area (Å²) in [7, 11) is 1.26. The Labute approximate surface area is 97.8 Å². The molecule has 0 aliphatic carbocycles. The van der Waals surface area contributed by atoms with Crippen LogP contribution in [0.1, 0.15) is 28.8 Å². The zero-order chi connectivity index (χ0) is 13.0. The van der Waals surface area contributed by atoms with Crippen LogP contribution in [0.4, 0.5) is 8.78 Å². The van der Waals surface area contributed by atoms with Gasteiger partial charge in [-0.2, -0.15) is 0 Å². The maximum Gasteiger partial charge on any atom is 0.310 e. The zero-order valence-electron chi connectivity index (χ0n) is 9.67. The number of aromatic nitrogens is 1. The van der Waals surface area contributed by atoms with E-state index in [1.165, 1.54) is 20.2 Å². The molecule has 2 N–H and O–H groups in total. The van der Waals surface area contributed by atoms with Crippen LogP contribution < -0.4 is 5.73 Å². The highest BCUT2D eigenvalue weighted by Crippen LogP contribution is 2.24. The van der Waals surface area contributed by atoms with Gasteiger partial charge in [0.25, 0.3) is 6.43 Å². The summed E-state index contributed by atoms with van der Waals surface area (Å²) in [5.74, 6) is -0.453. The Morgan fingerprint density at radius 2 is 2.24 bits per heavy atom. The summed E-state index contributed by atoms with van der Waals surface area (Å²) in [6, 6.07) is 0. The van der Waals surface area contributed by atoms with Gasteiger partial charge in [-0.25, -0.2) is 8.78 Å². The minimum Gasteiger partial charge on any atom is -0.469 e. The van der Waals surface area contributed by atoms with Gasteiger partial charge in [0, 0.05) is 12.7 Å². The first-order valence-electron chi connectivity index (χ1n) is 5.03. The molecule has 0 atom stereocenters. The van der Waals surface area contributed by atoms with Crippen LogP contribution in [0.5, 0.6) is 0 Å². The van der Waals surface area contributed by atoms with Gasteiger partial charge >= 0.3 is 5.97 Å². The molecule has 0 bridgehead atoms. The first-order chi connectivity index (χ1) is 8.01. The summed E-state index contributed by atoms with van der Waals surface area (Å²) < 4.78 is 29.7. The molecule has 0 unspecified atom stereocenters. The number of halogens is 2. The maximum absolute atomic E-state index is 12.6. The second-order valence-electron chi connectivity index (χ2n) is 3.53. The van der Waals surface area contributed by atoms with Gasteiger partial charge in [0.1, 0.15) is 5.69 Å². The fourth-order valence-electron chi connectivity index (χ4n) is 1.60. The molecule has 0 saturated heterocycles. The van der Waals surface area contributed by atoms with Gasteiger partial charge in [-0.05, 0) is 23.6 Å². The molecule has 1 rings (SSSR count). The Balaban J connectivity index is 3.16. The summed E-state index contributed by atoms with van der Waals surface area (Å²) in [6.07, 6.45) is -1.40. The number of hydrogen-bond acceptors (Lipinski definition) is 4. The van der Waals surface area contributed by atoms with E-state index in [2.05, 4.69) is 9.72 Å². The van der Waals surface area contributed by atoms with Gasteiger partial charge in [-0.15, -0.1) is 0 Å². The van der Waals surface area contributed by atoms with Gasteiger partial charge in [0.15, 0.2) is 0 Å². The lowest BCUT2D eigenvalue weighted by Gasteiger charge is -2.13. The van der Waals surface area contributed by atoms with Crippen LogP contribution in [-0.4, -0.2) is 18.1 Å². The third-order valence-corrected chi connectivity index (χ3v) is 2.56. The molecule has 1 aromatic heterocycles. The van der Waals surface area contributed by atoms with E-state index in [0.29, 0.717) is 16.7 Å². The van der Waals surface area contributed by atoms with Crippen molar-refractivity contribution < 1.29 is 18.3 Å².